The van der Waals surface area contributed by atoms with E-state index in [1.54, 1.807) is 28.6 Å². The number of hydrogen-bond acceptors (Lipinski definition) is 3. The highest BCUT2D eigenvalue weighted by Crippen LogP contribution is 2.26. The van der Waals surface area contributed by atoms with Crippen LogP contribution in [0, 0.1) is 5.41 Å². The molecule has 1 N–H and O–H groups in total. The normalized spacial score (nSPS) is 20.3. The lowest BCUT2D eigenvalue weighted by atomic mass is 9.95. The van der Waals surface area contributed by atoms with Gasteiger partial charge in [-0.2, -0.15) is 4.31 Å². The number of carbonyl (C=O) groups is 1. The van der Waals surface area contributed by atoms with Gasteiger partial charge in [-0.1, -0.05) is 27.2 Å². The molecule has 1 aromatic carbocycles. The Labute approximate surface area is 139 Å². The number of nitrogens with one attached hydrogen (secondary N) is 1. The maximum Gasteiger partial charge on any atom is 0.243 e. The van der Waals surface area contributed by atoms with Crippen LogP contribution in [0.1, 0.15) is 47.0 Å². The topological polar surface area (TPSA) is 66.5 Å². The fraction of sp³-hybridized carbons (Fsp3) is 0.588. The Balaban J connectivity index is 2.17. The van der Waals surface area contributed by atoms with Crippen molar-refractivity contribution in [3.8, 4) is 0 Å². The summed E-state index contributed by atoms with van der Waals surface area (Å²) in [6.07, 6.45) is 2.88. The van der Waals surface area contributed by atoms with Crippen molar-refractivity contribution in [1.29, 1.82) is 0 Å². The minimum atomic E-state index is -3.46. The molecule has 1 aliphatic rings. The second-order valence-electron chi connectivity index (χ2n) is 7.19. The molecular formula is C17H26N2O3S. The first-order valence-electron chi connectivity index (χ1n) is 8.06. The van der Waals surface area contributed by atoms with Crippen molar-refractivity contribution in [3.05, 3.63) is 24.3 Å². The van der Waals surface area contributed by atoms with Crippen LogP contribution >= 0.6 is 0 Å². The number of anilines is 1. The van der Waals surface area contributed by atoms with E-state index in [0.29, 0.717) is 12.2 Å². The molecule has 6 heteroatoms. The molecule has 1 fully saturated rings. The van der Waals surface area contributed by atoms with E-state index >= 15 is 0 Å². The van der Waals surface area contributed by atoms with Gasteiger partial charge in [-0.25, -0.2) is 8.42 Å². The zero-order valence-electron chi connectivity index (χ0n) is 14.3. The predicted molar refractivity (Wildman–Crippen MR) is 91.7 cm³/mol. The number of hydrogen-bond donors (Lipinski definition) is 1. The summed E-state index contributed by atoms with van der Waals surface area (Å²) in [6, 6.07) is 6.45. The Hall–Kier alpha value is -1.40. The Kier molecular flexibility index (Phi) is 5.16. The molecule has 0 radical (unpaired) electrons. The summed E-state index contributed by atoms with van der Waals surface area (Å²) in [4.78, 5) is 12.2. The van der Waals surface area contributed by atoms with Crippen LogP contribution in [0.5, 0.6) is 0 Å². The van der Waals surface area contributed by atoms with E-state index in [4.69, 9.17) is 0 Å². The third-order valence-corrected chi connectivity index (χ3v) is 6.17. The van der Waals surface area contributed by atoms with Crippen molar-refractivity contribution >= 4 is 21.6 Å². The molecule has 0 saturated carbocycles. The molecular weight excluding hydrogens is 312 g/mol. The zero-order chi connectivity index (χ0) is 17.3. The lowest BCUT2D eigenvalue weighted by Crippen LogP contribution is -2.41. The van der Waals surface area contributed by atoms with Gasteiger partial charge in [0.1, 0.15) is 0 Å². The third-order valence-electron chi connectivity index (χ3n) is 4.14. The molecule has 0 bridgehead atoms. The summed E-state index contributed by atoms with van der Waals surface area (Å²) in [5, 5.41) is 2.80. The molecule has 128 valence electrons. The summed E-state index contributed by atoms with van der Waals surface area (Å²) >= 11 is 0. The number of nitrogens with zero attached hydrogens (tertiary/aromatic N) is 1. The number of piperidine rings is 1. The average Bonchev–Trinajstić information content (AvgIpc) is 2.47. The van der Waals surface area contributed by atoms with Gasteiger partial charge >= 0.3 is 0 Å². The van der Waals surface area contributed by atoms with Crippen molar-refractivity contribution in [2.75, 3.05) is 11.9 Å². The van der Waals surface area contributed by atoms with Gasteiger partial charge in [0.25, 0.3) is 0 Å². The highest BCUT2D eigenvalue weighted by atomic mass is 32.2. The van der Waals surface area contributed by atoms with E-state index in [2.05, 4.69) is 5.32 Å². The second kappa shape index (κ2) is 6.61. The van der Waals surface area contributed by atoms with Crippen molar-refractivity contribution in [2.45, 2.75) is 57.9 Å². The number of sulfonamides is 1. The maximum absolute atomic E-state index is 12.7. The molecule has 1 saturated heterocycles. The van der Waals surface area contributed by atoms with E-state index in [9.17, 15) is 13.2 Å². The van der Waals surface area contributed by atoms with Crippen LogP contribution in [0.3, 0.4) is 0 Å². The van der Waals surface area contributed by atoms with Crippen LogP contribution in [0.15, 0.2) is 29.2 Å². The molecule has 0 aromatic heterocycles. The highest BCUT2D eigenvalue weighted by Gasteiger charge is 2.30. The summed E-state index contributed by atoms with van der Waals surface area (Å²) in [5.41, 5.74) is 0.115. The fourth-order valence-corrected chi connectivity index (χ4v) is 4.29. The fourth-order valence-electron chi connectivity index (χ4n) is 2.59. The molecule has 1 atom stereocenters. The van der Waals surface area contributed by atoms with E-state index in [-0.39, 0.29) is 16.8 Å². The number of amides is 1. The quantitative estimate of drug-likeness (QED) is 0.920. The van der Waals surface area contributed by atoms with E-state index in [0.717, 1.165) is 19.3 Å². The van der Waals surface area contributed by atoms with Gasteiger partial charge in [0, 0.05) is 23.7 Å². The van der Waals surface area contributed by atoms with Gasteiger partial charge in [-0.05, 0) is 44.0 Å². The monoisotopic (exact) mass is 338 g/mol. The molecule has 1 aromatic rings. The van der Waals surface area contributed by atoms with Crippen molar-refractivity contribution < 1.29 is 13.2 Å². The minimum absolute atomic E-state index is 0.0361. The number of benzene rings is 1. The van der Waals surface area contributed by atoms with Crippen molar-refractivity contribution in [1.82, 2.24) is 4.31 Å². The van der Waals surface area contributed by atoms with E-state index in [1.807, 2.05) is 27.7 Å². The van der Waals surface area contributed by atoms with Gasteiger partial charge < -0.3 is 5.32 Å². The number of rotatable bonds is 3. The van der Waals surface area contributed by atoms with Crippen LogP contribution in [-0.4, -0.2) is 31.2 Å². The maximum atomic E-state index is 12.7. The summed E-state index contributed by atoms with van der Waals surface area (Å²) < 4.78 is 27.0. The standard InChI is InChI=1S/C17H26N2O3S/c1-13-7-5-6-12-19(13)23(21,22)15-10-8-14(9-11-15)18-16(20)17(2,3)4/h8-11,13H,5-7,12H2,1-4H3,(H,18,20)/t13-/m1/s1. The smallest absolute Gasteiger partial charge is 0.243 e. The first kappa shape index (κ1) is 17.9. The highest BCUT2D eigenvalue weighted by molar-refractivity contribution is 7.89. The summed E-state index contributed by atoms with van der Waals surface area (Å²) in [5.74, 6) is -0.0993. The Morgan fingerprint density at radius 1 is 1.17 bits per heavy atom. The van der Waals surface area contributed by atoms with E-state index in [1.165, 1.54) is 0 Å². The zero-order valence-corrected chi connectivity index (χ0v) is 15.1. The van der Waals surface area contributed by atoms with Gasteiger partial charge in [0.2, 0.25) is 15.9 Å². The molecule has 1 amide bonds. The number of carbonyl (C=O) groups excluding carboxylic acids is 1. The van der Waals surface area contributed by atoms with Crippen molar-refractivity contribution in [3.63, 3.8) is 0 Å². The first-order valence-corrected chi connectivity index (χ1v) is 9.50. The van der Waals surface area contributed by atoms with Gasteiger partial charge in [-0.3, -0.25) is 4.79 Å². The largest absolute Gasteiger partial charge is 0.326 e. The SMILES string of the molecule is C[C@@H]1CCCCN1S(=O)(=O)c1ccc(NC(=O)C(C)(C)C)cc1. The molecule has 5 nitrogen and oxygen atoms in total. The Morgan fingerprint density at radius 2 is 1.78 bits per heavy atom. The van der Waals surface area contributed by atoms with Crippen LogP contribution in [0.4, 0.5) is 5.69 Å². The molecule has 0 aliphatic carbocycles. The van der Waals surface area contributed by atoms with Crippen molar-refractivity contribution in [2.24, 2.45) is 5.41 Å². The van der Waals surface area contributed by atoms with Crippen LogP contribution in [-0.2, 0) is 14.8 Å². The molecule has 23 heavy (non-hydrogen) atoms. The summed E-state index contributed by atoms with van der Waals surface area (Å²) in [6.45, 7) is 8.03. The first-order chi connectivity index (χ1) is 10.6. The molecule has 0 unspecified atom stereocenters. The summed E-state index contributed by atoms with van der Waals surface area (Å²) in [7, 11) is -3.46. The Bertz CT molecular complexity index is 660. The van der Waals surface area contributed by atoms with Gasteiger partial charge in [0.05, 0.1) is 4.90 Å². The molecule has 2 rings (SSSR count). The lowest BCUT2D eigenvalue weighted by molar-refractivity contribution is -0.123. The third kappa shape index (κ3) is 4.12. The van der Waals surface area contributed by atoms with Crippen LogP contribution < -0.4 is 5.32 Å². The second-order valence-corrected chi connectivity index (χ2v) is 9.08. The molecule has 1 heterocycles. The average molecular weight is 338 g/mol. The lowest BCUT2D eigenvalue weighted by Gasteiger charge is -2.32. The molecule has 0 spiro atoms. The van der Waals surface area contributed by atoms with Gasteiger partial charge in [-0.15, -0.1) is 0 Å². The van der Waals surface area contributed by atoms with E-state index < -0.39 is 15.4 Å². The van der Waals surface area contributed by atoms with Gasteiger partial charge in [0.15, 0.2) is 0 Å². The molecule has 1 aliphatic heterocycles. The predicted octanol–water partition coefficient (Wildman–Crippen LogP) is 3.23. The Morgan fingerprint density at radius 3 is 2.30 bits per heavy atom. The minimum Gasteiger partial charge on any atom is -0.326 e. The van der Waals surface area contributed by atoms with Crippen LogP contribution in [0.25, 0.3) is 0 Å². The van der Waals surface area contributed by atoms with Crippen LogP contribution in [0.2, 0.25) is 0 Å².